The van der Waals surface area contributed by atoms with Crippen LogP contribution in [0.25, 0.3) is 22.5 Å². The highest BCUT2D eigenvalue weighted by atomic mass is 19.1. The number of ether oxygens (including phenoxy) is 1. The molecule has 37 heavy (non-hydrogen) atoms. The summed E-state index contributed by atoms with van der Waals surface area (Å²) in [5.41, 5.74) is 4.38. The molecule has 0 radical (unpaired) electrons. The molecule has 2 aromatic carbocycles. The third kappa shape index (κ3) is 10.6. The molecule has 4 heteroatoms. The SMILES string of the molecule is CCCCCCCCCCCc1ccc(-c2ncc(-c3ccc(OCC(F)CCCC)cc3)cn2)cc1. The molecule has 0 saturated carbocycles. The lowest BCUT2D eigenvalue weighted by atomic mass is 10.0. The first-order valence-electron chi connectivity index (χ1n) is 14.5. The zero-order valence-electron chi connectivity index (χ0n) is 22.9. The van der Waals surface area contributed by atoms with Crippen LogP contribution in [0, 0.1) is 0 Å². The quantitative estimate of drug-likeness (QED) is 0.162. The van der Waals surface area contributed by atoms with E-state index in [1.54, 1.807) is 0 Å². The minimum atomic E-state index is -0.912. The van der Waals surface area contributed by atoms with Crippen molar-refractivity contribution in [3.8, 4) is 28.3 Å². The van der Waals surface area contributed by atoms with E-state index in [0.717, 1.165) is 41.8 Å². The van der Waals surface area contributed by atoms with E-state index >= 15 is 0 Å². The van der Waals surface area contributed by atoms with Gasteiger partial charge in [-0.25, -0.2) is 14.4 Å². The maximum Gasteiger partial charge on any atom is 0.159 e. The minimum absolute atomic E-state index is 0.106. The summed E-state index contributed by atoms with van der Waals surface area (Å²) in [5.74, 6) is 1.42. The predicted octanol–water partition coefficient (Wildman–Crippen LogP) is 9.79. The van der Waals surface area contributed by atoms with Gasteiger partial charge in [-0.15, -0.1) is 0 Å². The van der Waals surface area contributed by atoms with Crippen LogP contribution in [0.2, 0.25) is 0 Å². The monoisotopic (exact) mass is 504 g/mol. The Kier molecular flexibility index (Phi) is 13.2. The lowest BCUT2D eigenvalue weighted by Crippen LogP contribution is -2.12. The molecule has 0 aliphatic heterocycles. The molecule has 1 aromatic heterocycles. The van der Waals surface area contributed by atoms with E-state index in [-0.39, 0.29) is 6.61 Å². The van der Waals surface area contributed by atoms with E-state index in [4.69, 9.17) is 4.74 Å². The van der Waals surface area contributed by atoms with Crippen molar-refractivity contribution < 1.29 is 9.13 Å². The molecule has 0 saturated heterocycles. The Morgan fingerprint density at radius 1 is 0.649 bits per heavy atom. The first-order valence-corrected chi connectivity index (χ1v) is 14.5. The van der Waals surface area contributed by atoms with Crippen LogP contribution in [0.3, 0.4) is 0 Å². The molecular formula is C33H45FN2O. The number of halogens is 1. The van der Waals surface area contributed by atoms with Gasteiger partial charge in [0.2, 0.25) is 0 Å². The molecule has 0 bridgehead atoms. The van der Waals surface area contributed by atoms with Crippen LogP contribution in [0.5, 0.6) is 5.75 Å². The Morgan fingerprint density at radius 2 is 1.22 bits per heavy atom. The molecular weight excluding hydrogens is 459 g/mol. The van der Waals surface area contributed by atoms with Gasteiger partial charge in [-0.1, -0.05) is 114 Å². The topological polar surface area (TPSA) is 35.0 Å². The first-order chi connectivity index (χ1) is 18.2. The number of hydrogen-bond acceptors (Lipinski definition) is 3. The third-order valence-corrected chi connectivity index (χ3v) is 6.92. The van der Waals surface area contributed by atoms with Gasteiger partial charge in [0.1, 0.15) is 18.5 Å². The standard InChI is InChI=1S/C33H45FN2O/c1-3-5-7-8-9-10-11-12-13-14-27-16-18-29(19-17-27)33-35-24-30(25-36-33)28-20-22-32(23-21-28)37-26-31(34)15-6-4-2/h16-25,31H,3-15,26H2,1-2H3. The summed E-state index contributed by atoms with van der Waals surface area (Å²) >= 11 is 0. The largest absolute Gasteiger partial charge is 0.491 e. The maximum absolute atomic E-state index is 13.8. The van der Waals surface area contributed by atoms with Crippen molar-refractivity contribution in [1.29, 1.82) is 0 Å². The summed E-state index contributed by atoms with van der Waals surface area (Å²) in [7, 11) is 0. The van der Waals surface area contributed by atoms with Crippen LogP contribution in [-0.4, -0.2) is 22.7 Å². The summed E-state index contributed by atoms with van der Waals surface area (Å²) < 4.78 is 19.4. The maximum atomic E-state index is 13.8. The normalized spacial score (nSPS) is 12.0. The number of alkyl halides is 1. The zero-order valence-corrected chi connectivity index (χ0v) is 22.9. The van der Waals surface area contributed by atoms with E-state index in [1.165, 1.54) is 63.4 Å². The van der Waals surface area contributed by atoms with Crippen molar-refractivity contribution in [2.75, 3.05) is 6.61 Å². The summed E-state index contributed by atoms with van der Waals surface area (Å²) in [5, 5.41) is 0. The number of nitrogens with zero attached hydrogens (tertiary/aromatic N) is 2. The van der Waals surface area contributed by atoms with Gasteiger partial charge in [0.15, 0.2) is 5.82 Å². The van der Waals surface area contributed by atoms with Crippen LogP contribution < -0.4 is 4.74 Å². The van der Waals surface area contributed by atoms with E-state index < -0.39 is 6.17 Å². The molecule has 1 atom stereocenters. The fourth-order valence-electron chi connectivity index (χ4n) is 4.53. The average Bonchev–Trinajstić information content (AvgIpc) is 2.95. The Labute approximate surface area is 223 Å². The van der Waals surface area contributed by atoms with Gasteiger partial charge in [-0.05, 0) is 42.5 Å². The molecule has 3 nitrogen and oxygen atoms in total. The molecule has 3 rings (SSSR count). The summed E-state index contributed by atoms with van der Waals surface area (Å²) in [6.07, 6.45) is 18.6. The molecule has 200 valence electrons. The van der Waals surface area contributed by atoms with E-state index in [1.807, 2.05) is 36.7 Å². The number of rotatable bonds is 18. The van der Waals surface area contributed by atoms with Crippen molar-refractivity contribution >= 4 is 0 Å². The second-order valence-corrected chi connectivity index (χ2v) is 10.1. The number of aryl methyl sites for hydroxylation is 1. The van der Waals surface area contributed by atoms with Gasteiger partial charge < -0.3 is 4.74 Å². The second-order valence-electron chi connectivity index (χ2n) is 10.1. The van der Waals surface area contributed by atoms with E-state index in [0.29, 0.717) is 12.2 Å². The van der Waals surface area contributed by atoms with Crippen molar-refractivity contribution in [1.82, 2.24) is 9.97 Å². The fraction of sp³-hybridized carbons (Fsp3) is 0.515. The number of hydrogen-bond donors (Lipinski definition) is 0. The molecule has 1 unspecified atom stereocenters. The smallest absolute Gasteiger partial charge is 0.159 e. The predicted molar refractivity (Wildman–Crippen MR) is 154 cm³/mol. The Bertz CT molecular complexity index is 986. The van der Waals surface area contributed by atoms with Gasteiger partial charge in [0.25, 0.3) is 0 Å². The fourth-order valence-corrected chi connectivity index (χ4v) is 4.53. The molecule has 0 aliphatic rings. The molecule has 1 heterocycles. The van der Waals surface area contributed by atoms with Crippen LogP contribution in [0.15, 0.2) is 60.9 Å². The van der Waals surface area contributed by atoms with Gasteiger partial charge >= 0.3 is 0 Å². The van der Waals surface area contributed by atoms with Crippen molar-refractivity contribution in [3.05, 3.63) is 66.5 Å². The van der Waals surface area contributed by atoms with Crippen molar-refractivity contribution in [2.24, 2.45) is 0 Å². The van der Waals surface area contributed by atoms with Crippen LogP contribution >= 0.6 is 0 Å². The highest BCUT2D eigenvalue weighted by molar-refractivity contribution is 5.64. The zero-order chi connectivity index (χ0) is 26.1. The second kappa shape index (κ2) is 16.9. The Balaban J connectivity index is 1.41. The Hall–Kier alpha value is -2.75. The van der Waals surface area contributed by atoms with Crippen LogP contribution in [-0.2, 0) is 6.42 Å². The number of unbranched alkanes of at least 4 members (excludes halogenated alkanes) is 9. The third-order valence-electron chi connectivity index (χ3n) is 6.92. The molecule has 0 fully saturated rings. The minimum Gasteiger partial charge on any atom is -0.491 e. The number of aromatic nitrogens is 2. The van der Waals surface area contributed by atoms with Gasteiger partial charge in [-0.3, -0.25) is 0 Å². The van der Waals surface area contributed by atoms with Crippen LogP contribution in [0.4, 0.5) is 4.39 Å². The molecule has 0 N–H and O–H groups in total. The highest BCUT2D eigenvalue weighted by Crippen LogP contribution is 2.24. The lowest BCUT2D eigenvalue weighted by molar-refractivity contribution is 0.184. The summed E-state index contributed by atoms with van der Waals surface area (Å²) in [6, 6.07) is 16.4. The van der Waals surface area contributed by atoms with Crippen LogP contribution in [0.1, 0.15) is 96.5 Å². The average molecular weight is 505 g/mol. The van der Waals surface area contributed by atoms with Crippen molar-refractivity contribution in [3.63, 3.8) is 0 Å². The molecule has 0 aliphatic carbocycles. The Morgan fingerprint density at radius 3 is 1.84 bits per heavy atom. The summed E-state index contributed by atoms with van der Waals surface area (Å²) in [4.78, 5) is 9.19. The van der Waals surface area contributed by atoms with Gasteiger partial charge in [-0.2, -0.15) is 0 Å². The van der Waals surface area contributed by atoms with Gasteiger partial charge in [0, 0.05) is 23.5 Å². The number of benzene rings is 2. The van der Waals surface area contributed by atoms with Gasteiger partial charge in [0.05, 0.1) is 0 Å². The molecule has 0 amide bonds. The molecule has 0 spiro atoms. The van der Waals surface area contributed by atoms with E-state index in [2.05, 4.69) is 48.1 Å². The first kappa shape index (κ1) is 28.8. The highest BCUT2D eigenvalue weighted by Gasteiger charge is 2.08. The summed E-state index contributed by atoms with van der Waals surface area (Å²) in [6.45, 7) is 4.45. The van der Waals surface area contributed by atoms with Crippen molar-refractivity contribution in [2.45, 2.75) is 103 Å². The van der Waals surface area contributed by atoms with E-state index in [9.17, 15) is 4.39 Å². The lowest BCUT2D eigenvalue weighted by Gasteiger charge is -2.10. The molecule has 3 aromatic rings.